The summed E-state index contributed by atoms with van der Waals surface area (Å²) in [5.74, 6) is 2.00. The van der Waals surface area contributed by atoms with Crippen molar-refractivity contribution in [2.45, 2.75) is 59.2 Å². The van der Waals surface area contributed by atoms with Gasteiger partial charge in [0.2, 0.25) is 11.8 Å². The summed E-state index contributed by atoms with van der Waals surface area (Å²) >= 11 is 0. The van der Waals surface area contributed by atoms with Crippen LogP contribution in [0.15, 0.2) is 10.6 Å². The van der Waals surface area contributed by atoms with Crippen LogP contribution in [-0.2, 0) is 11.3 Å². The normalized spacial score (nSPS) is 19.6. The largest absolute Gasteiger partial charge is 0.338 e. The molecule has 0 aliphatic carbocycles. The molecule has 1 saturated heterocycles. The number of carbonyl (C=O) groups excluding carboxylic acids is 1. The molecule has 2 unspecified atom stereocenters. The molecule has 0 radical (unpaired) electrons. The lowest BCUT2D eigenvalue weighted by atomic mass is 10.2. The van der Waals surface area contributed by atoms with Crippen molar-refractivity contribution in [2.75, 3.05) is 11.9 Å². The third-order valence-corrected chi connectivity index (χ3v) is 4.52. The molecule has 1 aliphatic rings. The zero-order valence-electron chi connectivity index (χ0n) is 14.6. The van der Waals surface area contributed by atoms with Gasteiger partial charge in [0.1, 0.15) is 11.6 Å². The van der Waals surface area contributed by atoms with Gasteiger partial charge in [-0.1, -0.05) is 5.16 Å². The second-order valence-electron chi connectivity index (χ2n) is 6.42. The van der Waals surface area contributed by atoms with Crippen LogP contribution in [-0.4, -0.2) is 49.4 Å². The number of amides is 1. The Morgan fingerprint density at radius 2 is 2.25 bits per heavy atom. The highest BCUT2D eigenvalue weighted by Gasteiger charge is 2.33. The fourth-order valence-corrected chi connectivity index (χ4v) is 3.30. The number of carbonyl (C=O) groups is 1. The number of aromatic nitrogens is 4. The summed E-state index contributed by atoms with van der Waals surface area (Å²) in [6.07, 6.45) is 2.13. The fourth-order valence-electron chi connectivity index (χ4n) is 3.30. The van der Waals surface area contributed by atoms with Gasteiger partial charge in [-0.2, -0.15) is 5.10 Å². The Kier molecular flexibility index (Phi) is 4.66. The number of likely N-dealkylation sites (tertiary alicyclic amines) is 1. The van der Waals surface area contributed by atoms with Gasteiger partial charge in [0.15, 0.2) is 0 Å². The van der Waals surface area contributed by atoms with Crippen LogP contribution < -0.4 is 5.32 Å². The molecule has 24 heavy (non-hydrogen) atoms. The first-order valence-corrected chi connectivity index (χ1v) is 8.32. The average Bonchev–Trinajstić information content (AvgIpc) is 3.21. The van der Waals surface area contributed by atoms with E-state index in [1.54, 1.807) is 6.07 Å². The van der Waals surface area contributed by atoms with Crippen LogP contribution in [0.4, 0.5) is 5.88 Å². The standard InChI is InChI=1S/C16H24N6O2/c1-10-8-15(24-20-10)18-16(23)11(2)21-7-5-6-14(21)9-22-13(4)17-12(3)19-22/h8,11,14H,5-7,9H2,1-4H3,(H,18,23). The Morgan fingerprint density at radius 1 is 1.46 bits per heavy atom. The quantitative estimate of drug-likeness (QED) is 0.896. The maximum absolute atomic E-state index is 12.5. The Balaban J connectivity index is 1.65. The Bertz CT molecular complexity index is 722. The lowest BCUT2D eigenvalue weighted by Gasteiger charge is -2.29. The van der Waals surface area contributed by atoms with E-state index < -0.39 is 0 Å². The lowest BCUT2D eigenvalue weighted by molar-refractivity contribution is -0.121. The molecule has 2 aromatic rings. The van der Waals surface area contributed by atoms with Crippen LogP contribution in [0.2, 0.25) is 0 Å². The average molecular weight is 332 g/mol. The van der Waals surface area contributed by atoms with Crippen LogP contribution >= 0.6 is 0 Å². The second-order valence-corrected chi connectivity index (χ2v) is 6.42. The van der Waals surface area contributed by atoms with Crippen molar-refractivity contribution in [3.8, 4) is 0 Å². The number of nitrogens with zero attached hydrogens (tertiary/aromatic N) is 5. The molecule has 1 N–H and O–H groups in total. The van der Waals surface area contributed by atoms with Crippen LogP contribution in [0, 0.1) is 20.8 Å². The van der Waals surface area contributed by atoms with E-state index in [4.69, 9.17) is 4.52 Å². The second kappa shape index (κ2) is 6.72. The maximum Gasteiger partial charge on any atom is 0.243 e. The topological polar surface area (TPSA) is 89.1 Å². The van der Waals surface area contributed by atoms with Gasteiger partial charge in [0.25, 0.3) is 0 Å². The smallest absolute Gasteiger partial charge is 0.243 e. The SMILES string of the molecule is Cc1cc(NC(=O)C(C)N2CCCC2Cn2nc(C)nc2C)on1. The van der Waals surface area contributed by atoms with Gasteiger partial charge in [0, 0.05) is 12.1 Å². The van der Waals surface area contributed by atoms with E-state index in [1.807, 2.05) is 32.4 Å². The van der Waals surface area contributed by atoms with Crippen LogP contribution in [0.1, 0.15) is 37.1 Å². The predicted octanol–water partition coefficient (Wildman–Crippen LogP) is 1.68. The van der Waals surface area contributed by atoms with Crippen LogP contribution in [0.25, 0.3) is 0 Å². The Labute approximate surface area is 141 Å². The first kappa shape index (κ1) is 16.6. The number of rotatable bonds is 5. The number of hydrogen-bond acceptors (Lipinski definition) is 6. The molecule has 2 atom stereocenters. The molecule has 1 fully saturated rings. The van der Waals surface area contributed by atoms with Gasteiger partial charge >= 0.3 is 0 Å². The molecule has 3 heterocycles. The van der Waals surface area contributed by atoms with E-state index in [2.05, 4.69) is 25.5 Å². The third-order valence-electron chi connectivity index (χ3n) is 4.52. The summed E-state index contributed by atoms with van der Waals surface area (Å²) < 4.78 is 7.00. The molecule has 2 aromatic heterocycles. The molecular formula is C16H24N6O2. The van der Waals surface area contributed by atoms with Crippen molar-refractivity contribution < 1.29 is 9.32 Å². The van der Waals surface area contributed by atoms with Gasteiger partial charge < -0.3 is 4.52 Å². The molecule has 0 aromatic carbocycles. The zero-order chi connectivity index (χ0) is 17.3. The van der Waals surface area contributed by atoms with Gasteiger partial charge in [-0.05, 0) is 47.1 Å². The zero-order valence-corrected chi connectivity index (χ0v) is 14.6. The van der Waals surface area contributed by atoms with Gasteiger partial charge in [-0.15, -0.1) is 0 Å². The van der Waals surface area contributed by atoms with E-state index >= 15 is 0 Å². The molecule has 8 nitrogen and oxygen atoms in total. The summed E-state index contributed by atoms with van der Waals surface area (Å²) in [4.78, 5) is 19.1. The van der Waals surface area contributed by atoms with Crippen molar-refractivity contribution in [1.29, 1.82) is 0 Å². The fraction of sp³-hybridized carbons (Fsp3) is 0.625. The number of nitrogens with one attached hydrogen (secondary N) is 1. The number of aryl methyl sites for hydroxylation is 3. The first-order chi connectivity index (χ1) is 11.4. The van der Waals surface area contributed by atoms with Crippen molar-refractivity contribution in [1.82, 2.24) is 24.8 Å². The minimum atomic E-state index is -0.243. The summed E-state index contributed by atoms with van der Waals surface area (Å²) in [6.45, 7) is 9.26. The monoisotopic (exact) mass is 332 g/mol. The molecule has 0 bridgehead atoms. The molecule has 8 heteroatoms. The molecule has 3 rings (SSSR count). The van der Waals surface area contributed by atoms with Crippen molar-refractivity contribution in [3.05, 3.63) is 23.4 Å². The van der Waals surface area contributed by atoms with E-state index in [9.17, 15) is 4.79 Å². The Hall–Kier alpha value is -2.22. The van der Waals surface area contributed by atoms with E-state index in [-0.39, 0.29) is 18.0 Å². The van der Waals surface area contributed by atoms with Crippen LogP contribution in [0.3, 0.4) is 0 Å². The van der Waals surface area contributed by atoms with Gasteiger partial charge in [-0.25, -0.2) is 9.67 Å². The van der Waals surface area contributed by atoms with Gasteiger partial charge in [0.05, 0.1) is 18.3 Å². The van der Waals surface area contributed by atoms with Crippen molar-refractivity contribution in [3.63, 3.8) is 0 Å². The van der Waals surface area contributed by atoms with Crippen molar-refractivity contribution >= 4 is 11.8 Å². The van der Waals surface area contributed by atoms with E-state index in [1.165, 1.54) is 0 Å². The molecule has 130 valence electrons. The highest BCUT2D eigenvalue weighted by molar-refractivity contribution is 5.93. The molecule has 0 spiro atoms. The lowest BCUT2D eigenvalue weighted by Crippen LogP contribution is -2.46. The molecule has 0 saturated carbocycles. The molecular weight excluding hydrogens is 308 g/mol. The highest BCUT2D eigenvalue weighted by Crippen LogP contribution is 2.23. The predicted molar refractivity (Wildman–Crippen MR) is 88.6 cm³/mol. The summed E-state index contributed by atoms with van der Waals surface area (Å²) in [6, 6.07) is 1.75. The minimum absolute atomic E-state index is 0.0791. The summed E-state index contributed by atoms with van der Waals surface area (Å²) in [5.41, 5.74) is 0.744. The summed E-state index contributed by atoms with van der Waals surface area (Å²) in [7, 11) is 0. The minimum Gasteiger partial charge on any atom is -0.338 e. The highest BCUT2D eigenvalue weighted by atomic mass is 16.5. The van der Waals surface area contributed by atoms with E-state index in [0.29, 0.717) is 5.88 Å². The number of hydrogen-bond donors (Lipinski definition) is 1. The first-order valence-electron chi connectivity index (χ1n) is 8.32. The van der Waals surface area contributed by atoms with E-state index in [0.717, 1.165) is 43.3 Å². The van der Waals surface area contributed by atoms with Gasteiger partial charge in [-0.3, -0.25) is 15.0 Å². The third kappa shape index (κ3) is 3.48. The summed E-state index contributed by atoms with van der Waals surface area (Å²) in [5, 5.41) is 11.0. The Morgan fingerprint density at radius 3 is 2.88 bits per heavy atom. The maximum atomic E-state index is 12.5. The molecule has 1 amide bonds. The van der Waals surface area contributed by atoms with Crippen LogP contribution in [0.5, 0.6) is 0 Å². The van der Waals surface area contributed by atoms with Crippen molar-refractivity contribution in [2.24, 2.45) is 0 Å². The number of anilines is 1. The molecule has 1 aliphatic heterocycles.